The van der Waals surface area contributed by atoms with Gasteiger partial charge in [0.15, 0.2) is 0 Å². The van der Waals surface area contributed by atoms with Crippen molar-refractivity contribution in [3.8, 4) is 0 Å². The Balaban J connectivity index is 2.16. The van der Waals surface area contributed by atoms with Crippen molar-refractivity contribution in [3.05, 3.63) is 29.6 Å². The number of hydrogen-bond donors (Lipinski definition) is 2. The van der Waals surface area contributed by atoms with Gasteiger partial charge in [0, 0.05) is 13.1 Å². The lowest BCUT2D eigenvalue weighted by Crippen LogP contribution is -2.44. The van der Waals surface area contributed by atoms with Crippen LogP contribution in [0, 0.1) is 18.7 Å². The summed E-state index contributed by atoms with van der Waals surface area (Å²) in [6, 6.07) is 4.34. The van der Waals surface area contributed by atoms with Crippen LogP contribution in [0.15, 0.2) is 18.2 Å². The van der Waals surface area contributed by atoms with Crippen molar-refractivity contribution in [1.29, 1.82) is 0 Å². The summed E-state index contributed by atoms with van der Waals surface area (Å²) in [5, 5.41) is 0. The van der Waals surface area contributed by atoms with Gasteiger partial charge in [-0.05, 0) is 49.9 Å². The average molecular weight is 301 g/mol. The third-order valence-corrected chi connectivity index (χ3v) is 5.01. The van der Waals surface area contributed by atoms with Crippen LogP contribution in [0.4, 0.5) is 10.1 Å². The standard InChI is InChI=1S/C13H20FN3O2S/c1-10-4-5-12(14)13(7-10)16-20(18,19)17-6-2-3-11(8-15)9-17/h4-5,7,11,16H,2-3,6,8-9,15H2,1H3. The molecule has 1 aromatic carbocycles. The van der Waals surface area contributed by atoms with Gasteiger partial charge < -0.3 is 5.73 Å². The molecule has 1 aliphatic rings. The Bertz CT molecular complexity index is 577. The van der Waals surface area contributed by atoms with Gasteiger partial charge in [0.25, 0.3) is 0 Å². The smallest absolute Gasteiger partial charge is 0.301 e. The van der Waals surface area contributed by atoms with Crippen molar-refractivity contribution in [1.82, 2.24) is 4.31 Å². The molecular weight excluding hydrogens is 281 g/mol. The van der Waals surface area contributed by atoms with Crippen LogP contribution in [-0.2, 0) is 10.2 Å². The van der Waals surface area contributed by atoms with E-state index in [1.807, 2.05) is 0 Å². The Morgan fingerprint density at radius 3 is 2.95 bits per heavy atom. The minimum atomic E-state index is -3.73. The second-order valence-electron chi connectivity index (χ2n) is 5.19. The van der Waals surface area contributed by atoms with Crippen LogP contribution in [0.3, 0.4) is 0 Å². The van der Waals surface area contributed by atoms with Crippen LogP contribution >= 0.6 is 0 Å². The van der Waals surface area contributed by atoms with Crippen molar-refractivity contribution >= 4 is 15.9 Å². The van der Waals surface area contributed by atoms with Crippen molar-refractivity contribution in [3.63, 3.8) is 0 Å². The van der Waals surface area contributed by atoms with E-state index in [9.17, 15) is 12.8 Å². The first-order valence-electron chi connectivity index (χ1n) is 6.66. The Hall–Kier alpha value is -1.18. The lowest BCUT2D eigenvalue weighted by atomic mass is 10.0. The number of anilines is 1. The number of nitrogens with one attached hydrogen (secondary N) is 1. The lowest BCUT2D eigenvalue weighted by Gasteiger charge is -2.31. The number of piperidine rings is 1. The van der Waals surface area contributed by atoms with Gasteiger partial charge in [0.05, 0.1) is 5.69 Å². The molecule has 0 bridgehead atoms. The maximum absolute atomic E-state index is 13.6. The molecule has 1 fully saturated rings. The molecule has 20 heavy (non-hydrogen) atoms. The van der Waals surface area contributed by atoms with E-state index in [1.54, 1.807) is 13.0 Å². The zero-order valence-corrected chi connectivity index (χ0v) is 12.3. The summed E-state index contributed by atoms with van der Waals surface area (Å²) in [4.78, 5) is 0. The molecule has 0 aliphatic carbocycles. The van der Waals surface area contributed by atoms with Crippen LogP contribution in [-0.4, -0.2) is 32.4 Å². The van der Waals surface area contributed by atoms with E-state index in [0.717, 1.165) is 18.4 Å². The van der Waals surface area contributed by atoms with Crippen LogP contribution in [0.1, 0.15) is 18.4 Å². The minimum Gasteiger partial charge on any atom is -0.330 e. The number of halogens is 1. The monoisotopic (exact) mass is 301 g/mol. The summed E-state index contributed by atoms with van der Waals surface area (Å²) in [5.41, 5.74) is 6.38. The SMILES string of the molecule is Cc1ccc(F)c(NS(=O)(=O)N2CCCC(CN)C2)c1. The van der Waals surface area contributed by atoms with E-state index in [0.29, 0.717) is 19.6 Å². The molecule has 1 aromatic rings. The maximum Gasteiger partial charge on any atom is 0.301 e. The molecule has 1 saturated heterocycles. The highest BCUT2D eigenvalue weighted by molar-refractivity contribution is 7.90. The summed E-state index contributed by atoms with van der Waals surface area (Å²) in [5.74, 6) is -0.408. The highest BCUT2D eigenvalue weighted by Gasteiger charge is 2.28. The summed E-state index contributed by atoms with van der Waals surface area (Å²) in [6.45, 7) is 3.08. The first kappa shape index (κ1) is 15.2. The summed E-state index contributed by atoms with van der Waals surface area (Å²) in [6.07, 6.45) is 1.71. The normalized spacial score (nSPS) is 20.9. The quantitative estimate of drug-likeness (QED) is 0.884. The largest absolute Gasteiger partial charge is 0.330 e. The fraction of sp³-hybridized carbons (Fsp3) is 0.538. The highest BCUT2D eigenvalue weighted by Crippen LogP contribution is 2.22. The van der Waals surface area contributed by atoms with Crippen molar-refractivity contribution < 1.29 is 12.8 Å². The molecule has 2 rings (SSSR count). The van der Waals surface area contributed by atoms with Crippen LogP contribution in [0.2, 0.25) is 0 Å². The first-order chi connectivity index (χ1) is 9.42. The van der Waals surface area contributed by atoms with E-state index in [4.69, 9.17) is 5.73 Å². The zero-order chi connectivity index (χ0) is 14.8. The number of aryl methyl sites for hydroxylation is 1. The zero-order valence-electron chi connectivity index (χ0n) is 11.5. The third-order valence-electron chi connectivity index (χ3n) is 3.52. The number of benzene rings is 1. The molecule has 112 valence electrons. The Morgan fingerprint density at radius 1 is 1.50 bits per heavy atom. The minimum absolute atomic E-state index is 0.0140. The second-order valence-corrected chi connectivity index (χ2v) is 6.86. The average Bonchev–Trinajstić information content (AvgIpc) is 2.43. The van der Waals surface area contributed by atoms with Gasteiger partial charge in [-0.2, -0.15) is 12.7 Å². The molecule has 0 spiro atoms. The predicted octanol–water partition coefficient (Wildman–Crippen LogP) is 1.46. The Labute approximate surface area is 119 Å². The lowest BCUT2D eigenvalue weighted by molar-refractivity contribution is 0.273. The summed E-state index contributed by atoms with van der Waals surface area (Å²) < 4.78 is 41.9. The maximum atomic E-state index is 13.6. The highest BCUT2D eigenvalue weighted by atomic mass is 32.2. The Morgan fingerprint density at radius 2 is 2.25 bits per heavy atom. The molecule has 3 N–H and O–H groups in total. The molecule has 5 nitrogen and oxygen atoms in total. The van der Waals surface area contributed by atoms with E-state index >= 15 is 0 Å². The molecule has 0 aromatic heterocycles. The van der Waals surface area contributed by atoms with Gasteiger partial charge in [-0.1, -0.05) is 6.07 Å². The Kier molecular flexibility index (Phi) is 4.62. The molecule has 1 unspecified atom stereocenters. The van der Waals surface area contributed by atoms with Gasteiger partial charge in [0.2, 0.25) is 0 Å². The molecule has 0 radical (unpaired) electrons. The number of nitrogens with zero attached hydrogens (tertiary/aromatic N) is 1. The first-order valence-corrected chi connectivity index (χ1v) is 8.10. The molecule has 1 atom stereocenters. The predicted molar refractivity (Wildman–Crippen MR) is 77.0 cm³/mol. The van der Waals surface area contributed by atoms with E-state index in [1.165, 1.54) is 16.4 Å². The van der Waals surface area contributed by atoms with E-state index in [-0.39, 0.29) is 11.6 Å². The van der Waals surface area contributed by atoms with Crippen LogP contribution in [0.25, 0.3) is 0 Å². The molecule has 1 aliphatic heterocycles. The van der Waals surface area contributed by atoms with Crippen molar-refractivity contribution in [2.24, 2.45) is 11.7 Å². The molecule has 0 saturated carbocycles. The summed E-state index contributed by atoms with van der Waals surface area (Å²) in [7, 11) is -3.73. The van der Waals surface area contributed by atoms with Crippen molar-refractivity contribution in [2.75, 3.05) is 24.4 Å². The number of hydrogen-bond acceptors (Lipinski definition) is 3. The van der Waals surface area contributed by atoms with Gasteiger partial charge in [-0.3, -0.25) is 4.72 Å². The van der Waals surface area contributed by atoms with Gasteiger partial charge >= 0.3 is 10.2 Å². The third kappa shape index (κ3) is 3.47. The summed E-state index contributed by atoms with van der Waals surface area (Å²) >= 11 is 0. The van der Waals surface area contributed by atoms with E-state index < -0.39 is 16.0 Å². The van der Waals surface area contributed by atoms with Crippen molar-refractivity contribution in [2.45, 2.75) is 19.8 Å². The topological polar surface area (TPSA) is 75.4 Å². The molecule has 7 heteroatoms. The van der Waals surface area contributed by atoms with Crippen LogP contribution < -0.4 is 10.5 Å². The fourth-order valence-electron chi connectivity index (χ4n) is 2.36. The number of rotatable bonds is 4. The van der Waals surface area contributed by atoms with Gasteiger partial charge in [0.1, 0.15) is 5.82 Å². The fourth-order valence-corrected chi connectivity index (χ4v) is 3.70. The molecular formula is C13H20FN3O2S. The van der Waals surface area contributed by atoms with Gasteiger partial charge in [-0.15, -0.1) is 0 Å². The molecule has 1 heterocycles. The van der Waals surface area contributed by atoms with Gasteiger partial charge in [-0.25, -0.2) is 4.39 Å². The van der Waals surface area contributed by atoms with E-state index in [2.05, 4.69) is 4.72 Å². The number of nitrogens with two attached hydrogens (primary N) is 1. The molecule has 0 amide bonds. The van der Waals surface area contributed by atoms with Crippen LogP contribution in [0.5, 0.6) is 0 Å². The second kappa shape index (κ2) is 6.07.